The summed E-state index contributed by atoms with van der Waals surface area (Å²) >= 11 is 0. The van der Waals surface area contributed by atoms with Crippen molar-refractivity contribution in [1.29, 1.82) is 0 Å². The molecule has 1 fully saturated rings. The number of hydrogen-bond donors (Lipinski definition) is 2. The first-order valence-electron chi connectivity index (χ1n) is 9.80. The zero-order valence-electron chi connectivity index (χ0n) is 15.8. The van der Waals surface area contributed by atoms with E-state index in [-0.39, 0.29) is 11.7 Å². The van der Waals surface area contributed by atoms with Gasteiger partial charge in [-0.1, -0.05) is 29.8 Å². The van der Waals surface area contributed by atoms with Crippen LogP contribution in [0, 0.1) is 6.92 Å². The number of anilines is 1. The molecular formula is C21H27N4O2+. The molecule has 0 unspecified atom stereocenters. The van der Waals surface area contributed by atoms with Crippen molar-refractivity contribution in [2.75, 3.05) is 44.7 Å². The second-order valence-corrected chi connectivity index (χ2v) is 7.53. The van der Waals surface area contributed by atoms with E-state index < -0.39 is 0 Å². The Labute approximate surface area is 160 Å². The van der Waals surface area contributed by atoms with Gasteiger partial charge in [-0.3, -0.25) is 4.79 Å². The Morgan fingerprint density at radius 1 is 1.19 bits per heavy atom. The molecule has 1 atom stereocenters. The van der Waals surface area contributed by atoms with Gasteiger partial charge in [0.2, 0.25) is 5.95 Å². The number of quaternary nitrogens is 1. The monoisotopic (exact) mass is 367 g/mol. The van der Waals surface area contributed by atoms with Crippen LogP contribution < -0.4 is 10.2 Å². The molecule has 2 N–H and O–H groups in total. The number of carbonyl (C=O) groups is 1. The summed E-state index contributed by atoms with van der Waals surface area (Å²) in [5.41, 5.74) is 4.00. The van der Waals surface area contributed by atoms with Crippen molar-refractivity contribution >= 4 is 11.7 Å². The van der Waals surface area contributed by atoms with Gasteiger partial charge >= 0.3 is 0 Å². The lowest BCUT2D eigenvalue weighted by molar-refractivity contribution is -0.906. The van der Waals surface area contributed by atoms with Crippen molar-refractivity contribution < 1.29 is 14.4 Å². The van der Waals surface area contributed by atoms with Gasteiger partial charge in [-0.15, -0.1) is 0 Å². The first-order valence-corrected chi connectivity index (χ1v) is 9.80. The zero-order chi connectivity index (χ0) is 18.6. The average Bonchev–Trinajstić information content (AvgIpc) is 2.69. The van der Waals surface area contributed by atoms with E-state index in [4.69, 9.17) is 4.74 Å². The van der Waals surface area contributed by atoms with Gasteiger partial charge in [-0.25, -0.2) is 9.97 Å². The van der Waals surface area contributed by atoms with Crippen molar-refractivity contribution in [2.45, 2.75) is 25.7 Å². The summed E-state index contributed by atoms with van der Waals surface area (Å²) in [5.74, 6) is 0.969. The average molecular weight is 367 g/mol. The number of nitrogens with one attached hydrogen (secondary N) is 2. The second kappa shape index (κ2) is 8.15. The van der Waals surface area contributed by atoms with Gasteiger partial charge in [0.15, 0.2) is 5.78 Å². The summed E-state index contributed by atoms with van der Waals surface area (Å²) < 4.78 is 5.39. The van der Waals surface area contributed by atoms with Crippen molar-refractivity contribution in [1.82, 2.24) is 9.97 Å². The molecule has 142 valence electrons. The molecule has 1 aromatic heterocycles. The molecule has 6 nitrogen and oxygen atoms in total. The molecule has 0 amide bonds. The van der Waals surface area contributed by atoms with Crippen LogP contribution in [0.15, 0.2) is 30.5 Å². The molecule has 1 aliphatic heterocycles. The predicted octanol–water partition coefficient (Wildman–Crippen LogP) is 1.02. The maximum Gasteiger partial charge on any atom is 0.223 e. The van der Waals surface area contributed by atoms with Crippen molar-refractivity contribution in [2.24, 2.45) is 0 Å². The minimum absolute atomic E-state index is 0.145. The van der Waals surface area contributed by atoms with E-state index in [1.807, 2.05) is 0 Å². The standard InChI is InChI=1S/C21H26N4O2/c1-15-2-4-16(5-3-15)17-12-19-18(20(26)13-17)14-23-21(24-19)22-6-7-25-8-10-27-11-9-25/h2-5,14,17H,6-13H2,1H3,(H,22,23,24)/p+1/t17-/m0/s1. The number of ether oxygens (including phenoxy) is 1. The molecule has 0 saturated carbocycles. The van der Waals surface area contributed by atoms with Crippen LogP contribution in [0.1, 0.15) is 39.5 Å². The lowest BCUT2D eigenvalue weighted by Gasteiger charge is -2.24. The molecule has 1 aromatic carbocycles. The normalized spacial score (nSPS) is 20.3. The number of nitrogens with zero attached hydrogens (tertiary/aromatic N) is 2. The third kappa shape index (κ3) is 4.34. The van der Waals surface area contributed by atoms with Crippen LogP contribution in [0.2, 0.25) is 0 Å². The Morgan fingerprint density at radius 3 is 2.74 bits per heavy atom. The van der Waals surface area contributed by atoms with Crippen LogP contribution in [0.25, 0.3) is 0 Å². The Balaban J connectivity index is 1.42. The van der Waals surface area contributed by atoms with Crippen molar-refractivity contribution in [3.8, 4) is 0 Å². The van der Waals surface area contributed by atoms with E-state index in [1.54, 1.807) is 11.1 Å². The van der Waals surface area contributed by atoms with Gasteiger partial charge in [-0.2, -0.15) is 0 Å². The van der Waals surface area contributed by atoms with Crippen LogP contribution in [-0.4, -0.2) is 55.1 Å². The third-order valence-corrected chi connectivity index (χ3v) is 5.55. The van der Waals surface area contributed by atoms with E-state index in [1.165, 1.54) is 11.1 Å². The number of aromatic nitrogens is 2. The van der Waals surface area contributed by atoms with Gasteiger partial charge < -0.3 is 15.0 Å². The lowest BCUT2D eigenvalue weighted by Crippen LogP contribution is -3.14. The SMILES string of the molecule is Cc1ccc([C@@H]2CC(=O)c3cnc(NCC[NH+]4CCOCC4)nc3C2)cc1. The highest BCUT2D eigenvalue weighted by Crippen LogP contribution is 2.32. The number of benzene rings is 1. The number of aryl methyl sites for hydroxylation is 1. The van der Waals surface area contributed by atoms with E-state index >= 15 is 0 Å². The highest BCUT2D eigenvalue weighted by molar-refractivity contribution is 5.98. The number of carbonyl (C=O) groups excluding carboxylic acids is 1. The largest absolute Gasteiger partial charge is 0.370 e. The molecule has 27 heavy (non-hydrogen) atoms. The molecule has 0 bridgehead atoms. The van der Waals surface area contributed by atoms with Gasteiger partial charge in [0, 0.05) is 12.6 Å². The number of hydrogen-bond acceptors (Lipinski definition) is 5. The second-order valence-electron chi connectivity index (χ2n) is 7.53. The molecule has 1 saturated heterocycles. The lowest BCUT2D eigenvalue weighted by atomic mass is 9.82. The smallest absolute Gasteiger partial charge is 0.223 e. The van der Waals surface area contributed by atoms with Gasteiger partial charge in [-0.05, 0) is 24.8 Å². The first-order chi connectivity index (χ1) is 13.2. The molecule has 2 aromatic rings. The number of Topliss-reactive ketones (excluding diaryl/α,β-unsaturated/α-hetero) is 1. The highest BCUT2D eigenvalue weighted by Gasteiger charge is 2.28. The minimum atomic E-state index is 0.145. The third-order valence-electron chi connectivity index (χ3n) is 5.55. The summed E-state index contributed by atoms with van der Waals surface area (Å²) in [6, 6.07) is 8.47. The van der Waals surface area contributed by atoms with E-state index in [0.717, 1.165) is 51.5 Å². The van der Waals surface area contributed by atoms with Crippen LogP contribution in [0.4, 0.5) is 5.95 Å². The quantitative estimate of drug-likeness (QED) is 0.826. The number of ketones is 1. The molecule has 4 rings (SSSR count). The van der Waals surface area contributed by atoms with Crippen LogP contribution in [0.5, 0.6) is 0 Å². The molecule has 0 radical (unpaired) electrons. The maximum absolute atomic E-state index is 12.6. The summed E-state index contributed by atoms with van der Waals surface area (Å²) in [6.07, 6.45) is 3.02. The number of morpholine rings is 1. The Kier molecular flexibility index (Phi) is 5.45. The summed E-state index contributed by atoms with van der Waals surface area (Å²) in [5, 5.41) is 3.32. The van der Waals surface area contributed by atoms with E-state index in [9.17, 15) is 4.79 Å². The summed E-state index contributed by atoms with van der Waals surface area (Å²) in [4.78, 5) is 23.1. The van der Waals surface area contributed by atoms with Gasteiger partial charge in [0.1, 0.15) is 13.1 Å². The molecular weight excluding hydrogens is 340 g/mol. The molecule has 2 heterocycles. The first kappa shape index (κ1) is 18.1. The van der Waals surface area contributed by atoms with Gasteiger partial charge in [0.25, 0.3) is 0 Å². The van der Waals surface area contributed by atoms with Crippen molar-refractivity contribution in [3.05, 3.63) is 52.8 Å². The maximum atomic E-state index is 12.6. The Morgan fingerprint density at radius 2 is 1.96 bits per heavy atom. The van der Waals surface area contributed by atoms with E-state index in [2.05, 4.69) is 46.5 Å². The Bertz CT molecular complexity index is 800. The number of fused-ring (bicyclic) bond motifs is 1. The van der Waals surface area contributed by atoms with Crippen LogP contribution >= 0.6 is 0 Å². The molecule has 6 heteroatoms. The summed E-state index contributed by atoms with van der Waals surface area (Å²) in [7, 11) is 0. The minimum Gasteiger partial charge on any atom is -0.370 e. The Hall–Kier alpha value is -2.31. The molecule has 1 aliphatic carbocycles. The highest BCUT2D eigenvalue weighted by atomic mass is 16.5. The molecule has 0 spiro atoms. The topological polar surface area (TPSA) is 68.5 Å². The van der Waals surface area contributed by atoms with Crippen molar-refractivity contribution in [3.63, 3.8) is 0 Å². The fourth-order valence-corrected chi connectivity index (χ4v) is 3.87. The fraction of sp³-hybridized carbons (Fsp3) is 0.476. The van der Waals surface area contributed by atoms with Crippen LogP contribution in [-0.2, 0) is 11.2 Å². The van der Waals surface area contributed by atoms with Gasteiger partial charge in [0.05, 0.1) is 37.6 Å². The van der Waals surface area contributed by atoms with E-state index in [0.29, 0.717) is 17.9 Å². The summed E-state index contributed by atoms with van der Waals surface area (Å²) in [6.45, 7) is 7.71. The fourth-order valence-electron chi connectivity index (χ4n) is 3.87. The predicted molar refractivity (Wildman–Crippen MR) is 103 cm³/mol. The zero-order valence-corrected chi connectivity index (χ0v) is 15.8. The van der Waals surface area contributed by atoms with Crippen LogP contribution in [0.3, 0.4) is 0 Å². The molecule has 2 aliphatic rings. The number of rotatable bonds is 5.